The molecule has 0 aliphatic carbocycles. The van der Waals surface area contributed by atoms with Gasteiger partial charge in [0.05, 0.1) is 16.8 Å². The highest BCUT2D eigenvalue weighted by atomic mass is 32.1. The van der Waals surface area contributed by atoms with Crippen molar-refractivity contribution in [3.8, 4) is 6.07 Å². The Balaban J connectivity index is 2.21. The Morgan fingerprint density at radius 1 is 1.22 bits per heavy atom. The molecule has 4 nitrogen and oxygen atoms in total. The molecule has 0 aliphatic heterocycles. The van der Waals surface area contributed by atoms with Crippen LogP contribution < -0.4 is 5.32 Å². The molecule has 0 atom stereocenters. The number of thiazole rings is 1. The SMILES string of the molecule is N#Cc1cnc2ccccc2c1Nc1nccs1. The molecule has 0 radical (unpaired) electrons. The molecule has 0 saturated heterocycles. The van der Waals surface area contributed by atoms with Crippen LogP contribution in [0.15, 0.2) is 42.0 Å². The lowest BCUT2D eigenvalue weighted by molar-refractivity contribution is 1.35. The molecule has 0 fully saturated rings. The van der Waals surface area contributed by atoms with Gasteiger partial charge in [0.1, 0.15) is 6.07 Å². The van der Waals surface area contributed by atoms with E-state index in [4.69, 9.17) is 5.26 Å². The van der Waals surface area contributed by atoms with Crippen molar-refractivity contribution in [1.82, 2.24) is 9.97 Å². The number of hydrogen-bond acceptors (Lipinski definition) is 5. The van der Waals surface area contributed by atoms with Crippen molar-refractivity contribution in [2.24, 2.45) is 0 Å². The van der Waals surface area contributed by atoms with E-state index in [0.29, 0.717) is 5.56 Å². The average Bonchev–Trinajstić information content (AvgIpc) is 2.92. The van der Waals surface area contributed by atoms with Crippen LogP contribution in [0.5, 0.6) is 0 Å². The Hall–Kier alpha value is -2.45. The summed E-state index contributed by atoms with van der Waals surface area (Å²) in [6.07, 6.45) is 3.31. The summed E-state index contributed by atoms with van der Waals surface area (Å²) in [4.78, 5) is 8.43. The number of nitrogens with one attached hydrogen (secondary N) is 1. The van der Waals surface area contributed by atoms with Gasteiger partial charge in [-0.25, -0.2) is 4.98 Å². The van der Waals surface area contributed by atoms with E-state index in [1.807, 2.05) is 29.6 Å². The first kappa shape index (κ1) is 10.7. The van der Waals surface area contributed by atoms with Gasteiger partial charge in [0, 0.05) is 23.2 Å². The second-order valence-corrected chi connectivity index (χ2v) is 4.53. The van der Waals surface area contributed by atoms with Crippen molar-refractivity contribution in [3.05, 3.63) is 47.6 Å². The second kappa shape index (κ2) is 4.43. The van der Waals surface area contributed by atoms with E-state index in [0.717, 1.165) is 21.7 Å². The first-order valence-corrected chi connectivity index (χ1v) is 6.21. The fraction of sp³-hybridized carbons (Fsp3) is 0. The molecule has 0 unspecified atom stereocenters. The normalized spacial score (nSPS) is 10.2. The summed E-state index contributed by atoms with van der Waals surface area (Å²) in [5.74, 6) is 0. The number of anilines is 2. The molecule has 0 saturated carbocycles. The summed E-state index contributed by atoms with van der Waals surface area (Å²) in [7, 11) is 0. The summed E-state index contributed by atoms with van der Waals surface area (Å²) >= 11 is 1.49. The number of rotatable bonds is 2. The van der Waals surface area contributed by atoms with Gasteiger partial charge in [-0.15, -0.1) is 11.3 Å². The van der Waals surface area contributed by atoms with Crippen molar-refractivity contribution in [1.29, 1.82) is 5.26 Å². The van der Waals surface area contributed by atoms with Crippen LogP contribution in [0.1, 0.15) is 5.56 Å². The molecule has 86 valence electrons. The maximum atomic E-state index is 9.16. The predicted octanol–water partition coefficient (Wildman–Crippen LogP) is 3.31. The Morgan fingerprint density at radius 2 is 2.11 bits per heavy atom. The monoisotopic (exact) mass is 252 g/mol. The molecule has 3 rings (SSSR count). The first-order chi connectivity index (χ1) is 8.88. The molecule has 0 bridgehead atoms. The van der Waals surface area contributed by atoms with Gasteiger partial charge < -0.3 is 5.32 Å². The van der Waals surface area contributed by atoms with Crippen molar-refractivity contribution >= 4 is 33.1 Å². The van der Waals surface area contributed by atoms with E-state index >= 15 is 0 Å². The van der Waals surface area contributed by atoms with E-state index in [1.165, 1.54) is 11.3 Å². The summed E-state index contributed by atoms with van der Waals surface area (Å²) in [5, 5.41) is 15.9. The lowest BCUT2D eigenvalue weighted by Crippen LogP contribution is -1.96. The highest BCUT2D eigenvalue weighted by Crippen LogP contribution is 2.29. The zero-order valence-corrected chi connectivity index (χ0v) is 10.1. The van der Waals surface area contributed by atoms with Gasteiger partial charge in [0.15, 0.2) is 5.13 Å². The van der Waals surface area contributed by atoms with Crippen LogP contribution in [-0.2, 0) is 0 Å². The maximum absolute atomic E-state index is 9.16. The van der Waals surface area contributed by atoms with E-state index in [2.05, 4.69) is 21.4 Å². The number of para-hydroxylation sites is 1. The molecule has 5 heteroatoms. The smallest absolute Gasteiger partial charge is 0.187 e. The minimum absolute atomic E-state index is 0.518. The number of nitrogens with zero attached hydrogens (tertiary/aromatic N) is 3. The lowest BCUT2D eigenvalue weighted by Gasteiger charge is -2.08. The molecule has 1 aromatic carbocycles. The lowest BCUT2D eigenvalue weighted by atomic mass is 10.1. The minimum Gasteiger partial charge on any atom is -0.330 e. The van der Waals surface area contributed by atoms with Gasteiger partial charge in [-0.1, -0.05) is 18.2 Å². The molecular weight excluding hydrogens is 244 g/mol. The molecule has 0 aliphatic rings. The van der Waals surface area contributed by atoms with E-state index in [9.17, 15) is 0 Å². The first-order valence-electron chi connectivity index (χ1n) is 5.33. The topological polar surface area (TPSA) is 61.6 Å². The largest absolute Gasteiger partial charge is 0.330 e. The minimum atomic E-state index is 0.518. The van der Waals surface area contributed by atoms with E-state index < -0.39 is 0 Å². The van der Waals surface area contributed by atoms with Gasteiger partial charge in [0.2, 0.25) is 0 Å². The Labute approximate surface area is 108 Å². The molecular formula is C13H8N4S. The van der Waals surface area contributed by atoms with Crippen LogP contribution in [0.3, 0.4) is 0 Å². The fourth-order valence-corrected chi connectivity index (χ4v) is 2.29. The Kier molecular flexibility index (Phi) is 2.63. The molecule has 0 amide bonds. The third-order valence-corrected chi connectivity index (χ3v) is 3.25. The third kappa shape index (κ3) is 1.79. The summed E-state index contributed by atoms with van der Waals surface area (Å²) in [6, 6.07) is 9.87. The van der Waals surface area contributed by atoms with Gasteiger partial charge in [-0.2, -0.15) is 5.26 Å². The van der Waals surface area contributed by atoms with Crippen LogP contribution in [0.25, 0.3) is 10.9 Å². The zero-order chi connectivity index (χ0) is 12.4. The summed E-state index contributed by atoms with van der Waals surface area (Å²) < 4.78 is 0. The number of fused-ring (bicyclic) bond motifs is 1. The van der Waals surface area contributed by atoms with Crippen LogP contribution in [0, 0.1) is 11.3 Å². The van der Waals surface area contributed by atoms with Gasteiger partial charge in [0.25, 0.3) is 0 Å². The van der Waals surface area contributed by atoms with Gasteiger partial charge >= 0.3 is 0 Å². The average molecular weight is 252 g/mol. The number of nitriles is 1. The number of aromatic nitrogens is 2. The maximum Gasteiger partial charge on any atom is 0.187 e. The Morgan fingerprint density at radius 3 is 2.89 bits per heavy atom. The zero-order valence-electron chi connectivity index (χ0n) is 9.29. The highest BCUT2D eigenvalue weighted by Gasteiger charge is 2.09. The van der Waals surface area contributed by atoms with Crippen LogP contribution in [0.4, 0.5) is 10.8 Å². The third-order valence-electron chi connectivity index (χ3n) is 2.56. The van der Waals surface area contributed by atoms with Crippen LogP contribution in [0.2, 0.25) is 0 Å². The Bertz CT molecular complexity index is 728. The van der Waals surface area contributed by atoms with Crippen LogP contribution >= 0.6 is 11.3 Å². The number of pyridine rings is 1. The van der Waals surface area contributed by atoms with Gasteiger partial charge in [-0.05, 0) is 6.07 Å². The van der Waals surface area contributed by atoms with Crippen LogP contribution in [-0.4, -0.2) is 9.97 Å². The summed E-state index contributed by atoms with van der Waals surface area (Å²) in [6.45, 7) is 0. The molecule has 2 aromatic heterocycles. The fourth-order valence-electron chi connectivity index (χ4n) is 1.75. The van der Waals surface area contributed by atoms with Crippen molar-refractivity contribution in [3.63, 3.8) is 0 Å². The van der Waals surface area contributed by atoms with Crippen molar-refractivity contribution in [2.45, 2.75) is 0 Å². The second-order valence-electron chi connectivity index (χ2n) is 3.64. The quantitative estimate of drug-likeness (QED) is 0.760. The van der Waals surface area contributed by atoms with Gasteiger partial charge in [-0.3, -0.25) is 4.98 Å². The molecule has 1 N–H and O–H groups in total. The molecule has 3 aromatic rings. The molecule has 2 heterocycles. The predicted molar refractivity (Wildman–Crippen MR) is 71.9 cm³/mol. The highest BCUT2D eigenvalue weighted by molar-refractivity contribution is 7.13. The summed E-state index contributed by atoms with van der Waals surface area (Å²) in [5.41, 5.74) is 2.14. The molecule has 0 spiro atoms. The van der Waals surface area contributed by atoms with E-state index in [-0.39, 0.29) is 0 Å². The number of benzene rings is 1. The van der Waals surface area contributed by atoms with E-state index in [1.54, 1.807) is 12.4 Å². The molecule has 18 heavy (non-hydrogen) atoms. The standard InChI is InChI=1S/C13H8N4S/c14-7-9-8-16-11-4-2-1-3-10(11)12(9)17-13-15-5-6-18-13/h1-6,8H,(H,15,16,17). The number of hydrogen-bond donors (Lipinski definition) is 1. The van der Waals surface area contributed by atoms with Crippen molar-refractivity contribution in [2.75, 3.05) is 5.32 Å². The van der Waals surface area contributed by atoms with Crippen molar-refractivity contribution < 1.29 is 0 Å².